The summed E-state index contributed by atoms with van der Waals surface area (Å²) in [6.07, 6.45) is 0.484. The molecule has 33 heavy (non-hydrogen) atoms. The molecule has 1 unspecified atom stereocenters. The molecule has 1 spiro atoms. The summed E-state index contributed by atoms with van der Waals surface area (Å²) < 4.78 is 29.1. The summed E-state index contributed by atoms with van der Waals surface area (Å²) in [6, 6.07) is 3.26. The zero-order valence-electron chi connectivity index (χ0n) is 18.4. The van der Waals surface area contributed by atoms with Gasteiger partial charge in [0, 0.05) is 49.3 Å². The number of fused-ring (bicyclic) bond motifs is 3. The minimum atomic E-state index is -0.839. The molecule has 3 heterocycles. The Bertz CT molecular complexity index is 1200. The molecular weight excluding hydrogens is 430 g/mol. The largest absolute Gasteiger partial charge is 0.340 e. The molecule has 0 saturated heterocycles. The second-order valence-corrected chi connectivity index (χ2v) is 9.49. The van der Waals surface area contributed by atoms with Gasteiger partial charge in [-0.05, 0) is 38.0 Å². The zero-order chi connectivity index (χ0) is 23.5. The molecule has 1 fully saturated rings. The average Bonchev–Trinajstić information content (AvgIpc) is 3.03. The fraction of sp³-hybridized carbons (Fsp3) is 0.478. The molecule has 2 aliphatic heterocycles. The number of benzene rings is 1. The lowest BCUT2D eigenvalue weighted by Gasteiger charge is -2.44. The van der Waals surface area contributed by atoms with Crippen LogP contribution < -0.4 is 5.32 Å². The van der Waals surface area contributed by atoms with Crippen molar-refractivity contribution in [2.45, 2.75) is 51.5 Å². The molecule has 8 nitrogen and oxygen atoms in total. The predicted molar refractivity (Wildman–Crippen MR) is 116 cm³/mol. The summed E-state index contributed by atoms with van der Waals surface area (Å²) in [5.74, 6) is -0.814. The van der Waals surface area contributed by atoms with Gasteiger partial charge in [0.2, 0.25) is 5.69 Å². The van der Waals surface area contributed by atoms with E-state index in [9.17, 15) is 18.4 Å². The fourth-order valence-electron chi connectivity index (χ4n) is 5.35. The van der Waals surface area contributed by atoms with Gasteiger partial charge in [0.15, 0.2) is 0 Å². The number of aromatic nitrogens is 2. The van der Waals surface area contributed by atoms with Crippen molar-refractivity contribution >= 4 is 23.3 Å². The molecule has 5 rings (SSSR count). The number of nitrogens with one attached hydrogen (secondary N) is 1. The van der Waals surface area contributed by atoms with E-state index < -0.39 is 18.0 Å². The predicted octanol–water partition coefficient (Wildman–Crippen LogP) is 3.76. The molecule has 172 valence electrons. The molecule has 3 amide bonds. The van der Waals surface area contributed by atoms with E-state index in [0.717, 1.165) is 11.8 Å². The Labute approximate surface area is 190 Å². The lowest BCUT2D eigenvalue weighted by molar-refractivity contribution is -0.00791. The molecular formula is C23H24F2N6O2. The van der Waals surface area contributed by atoms with Crippen LogP contribution in [0.25, 0.3) is 4.85 Å². The number of halogens is 2. The molecule has 1 aromatic heterocycles. The number of alkyl halides is 1. The van der Waals surface area contributed by atoms with Crippen LogP contribution in [0.1, 0.15) is 41.5 Å². The first-order valence-electron chi connectivity index (χ1n) is 10.9. The SMILES string of the molecule is [C-]#[N+]c1cc(NC(=O)N2Cc3c(nn4c3C(=O)N(C)CC3(CC(F)C3)C4)CC2C)ccc1F. The van der Waals surface area contributed by atoms with Gasteiger partial charge in [-0.3, -0.25) is 9.48 Å². The fourth-order valence-corrected chi connectivity index (χ4v) is 5.35. The number of carbonyl (C=O) groups is 2. The van der Waals surface area contributed by atoms with E-state index in [-0.39, 0.29) is 29.6 Å². The lowest BCUT2D eigenvalue weighted by atomic mass is 9.67. The molecule has 1 saturated carbocycles. The zero-order valence-corrected chi connectivity index (χ0v) is 18.4. The third-order valence-electron chi connectivity index (χ3n) is 6.98. The van der Waals surface area contributed by atoms with Crippen molar-refractivity contribution in [1.82, 2.24) is 19.6 Å². The number of amides is 3. The van der Waals surface area contributed by atoms with Crippen molar-refractivity contribution in [2.24, 2.45) is 5.41 Å². The van der Waals surface area contributed by atoms with Crippen LogP contribution in [-0.2, 0) is 19.5 Å². The summed E-state index contributed by atoms with van der Waals surface area (Å²) >= 11 is 0. The van der Waals surface area contributed by atoms with Gasteiger partial charge in [-0.15, -0.1) is 0 Å². The molecule has 1 aliphatic carbocycles. The maximum Gasteiger partial charge on any atom is 0.322 e. The first-order valence-corrected chi connectivity index (χ1v) is 10.9. The Balaban J connectivity index is 1.42. The van der Waals surface area contributed by atoms with Gasteiger partial charge in [0.25, 0.3) is 5.91 Å². The van der Waals surface area contributed by atoms with Crippen LogP contribution >= 0.6 is 0 Å². The molecule has 1 aromatic carbocycles. The van der Waals surface area contributed by atoms with E-state index in [2.05, 4.69) is 10.2 Å². The molecule has 0 bridgehead atoms. The average molecular weight is 454 g/mol. The van der Waals surface area contributed by atoms with Crippen LogP contribution in [0.4, 0.5) is 25.0 Å². The summed E-state index contributed by atoms with van der Waals surface area (Å²) in [5.41, 5.74) is 1.83. The maximum absolute atomic E-state index is 13.7. The van der Waals surface area contributed by atoms with E-state index in [1.807, 2.05) is 6.92 Å². The highest BCUT2D eigenvalue weighted by atomic mass is 19.1. The number of urea groups is 1. The van der Waals surface area contributed by atoms with Crippen molar-refractivity contribution in [3.8, 4) is 0 Å². The lowest BCUT2D eigenvalue weighted by Crippen LogP contribution is -2.48. The van der Waals surface area contributed by atoms with E-state index in [1.54, 1.807) is 21.5 Å². The van der Waals surface area contributed by atoms with E-state index in [4.69, 9.17) is 11.7 Å². The summed E-state index contributed by atoms with van der Waals surface area (Å²) in [6.45, 7) is 10.1. The molecule has 2 aromatic rings. The van der Waals surface area contributed by atoms with Crippen molar-refractivity contribution < 1.29 is 18.4 Å². The first kappa shape index (κ1) is 21.4. The van der Waals surface area contributed by atoms with Crippen LogP contribution in [0.3, 0.4) is 0 Å². The summed E-state index contributed by atoms with van der Waals surface area (Å²) in [5, 5.41) is 7.44. The standard InChI is InChI=1S/C23H24F2N6O2/c1-13-6-18-16(10-30(13)22(33)27-15-4-5-17(25)19(7-15)26-2)20-21(32)29(3)11-23(8-14(24)9-23)12-31(20)28-18/h4-5,7,13-14H,6,8-12H2,1,3H3,(H,27,33). The molecule has 10 heteroatoms. The summed E-state index contributed by atoms with van der Waals surface area (Å²) in [7, 11) is 1.73. The third-order valence-corrected chi connectivity index (χ3v) is 6.98. The Morgan fingerprint density at radius 2 is 2.09 bits per heavy atom. The number of hydrogen-bond acceptors (Lipinski definition) is 3. The quantitative estimate of drug-likeness (QED) is 0.667. The number of carbonyl (C=O) groups excluding carboxylic acids is 2. The number of nitrogens with zero attached hydrogens (tertiary/aromatic N) is 5. The molecule has 1 N–H and O–H groups in total. The van der Waals surface area contributed by atoms with E-state index in [1.165, 1.54) is 12.1 Å². The minimum absolute atomic E-state index is 0.168. The van der Waals surface area contributed by atoms with Crippen molar-refractivity contribution in [1.29, 1.82) is 0 Å². The topological polar surface area (TPSA) is 74.8 Å². The number of anilines is 1. The smallest absolute Gasteiger partial charge is 0.322 e. The van der Waals surface area contributed by atoms with Gasteiger partial charge in [0.1, 0.15) is 17.7 Å². The van der Waals surface area contributed by atoms with E-state index in [0.29, 0.717) is 49.3 Å². The van der Waals surface area contributed by atoms with Crippen LogP contribution in [-0.4, -0.2) is 57.3 Å². The van der Waals surface area contributed by atoms with Gasteiger partial charge >= 0.3 is 6.03 Å². The Morgan fingerprint density at radius 3 is 2.79 bits per heavy atom. The maximum atomic E-state index is 13.7. The van der Waals surface area contributed by atoms with Crippen LogP contribution in [0.15, 0.2) is 18.2 Å². The second kappa shape index (κ2) is 7.54. The second-order valence-electron chi connectivity index (χ2n) is 9.49. The Morgan fingerprint density at radius 1 is 1.33 bits per heavy atom. The minimum Gasteiger partial charge on any atom is -0.340 e. The van der Waals surface area contributed by atoms with Gasteiger partial charge in [-0.2, -0.15) is 5.10 Å². The van der Waals surface area contributed by atoms with Crippen molar-refractivity contribution in [3.05, 3.63) is 52.4 Å². The third kappa shape index (κ3) is 3.52. The van der Waals surface area contributed by atoms with Gasteiger partial charge in [0.05, 0.1) is 18.8 Å². The Hall–Kier alpha value is -3.48. The molecule has 1 atom stereocenters. The van der Waals surface area contributed by atoms with Crippen molar-refractivity contribution in [3.63, 3.8) is 0 Å². The van der Waals surface area contributed by atoms with Crippen LogP contribution in [0.5, 0.6) is 0 Å². The van der Waals surface area contributed by atoms with Gasteiger partial charge < -0.3 is 15.1 Å². The van der Waals surface area contributed by atoms with E-state index >= 15 is 0 Å². The normalized spacial score (nSPS) is 26.2. The highest BCUT2D eigenvalue weighted by Crippen LogP contribution is 2.47. The van der Waals surface area contributed by atoms with Crippen LogP contribution in [0.2, 0.25) is 0 Å². The van der Waals surface area contributed by atoms with Gasteiger partial charge in [-0.1, -0.05) is 0 Å². The number of rotatable bonds is 1. The highest BCUT2D eigenvalue weighted by molar-refractivity contribution is 5.95. The van der Waals surface area contributed by atoms with Gasteiger partial charge in [-0.25, -0.2) is 18.4 Å². The monoisotopic (exact) mass is 454 g/mol. The highest BCUT2D eigenvalue weighted by Gasteiger charge is 2.49. The summed E-state index contributed by atoms with van der Waals surface area (Å²) in [4.78, 5) is 32.6. The Kier molecular flexibility index (Phi) is 4.88. The molecule has 0 radical (unpaired) electrons. The molecule has 3 aliphatic rings. The number of hydrogen-bond donors (Lipinski definition) is 1. The first-order chi connectivity index (χ1) is 15.7. The van der Waals surface area contributed by atoms with Crippen LogP contribution in [0, 0.1) is 17.8 Å². The van der Waals surface area contributed by atoms with Crippen molar-refractivity contribution in [2.75, 3.05) is 18.9 Å².